The fourth-order valence-electron chi connectivity index (χ4n) is 2.73. The van der Waals surface area contributed by atoms with Gasteiger partial charge < -0.3 is 10.5 Å². The molecule has 1 aliphatic rings. The Morgan fingerprint density at radius 2 is 2.06 bits per heavy atom. The van der Waals surface area contributed by atoms with E-state index in [4.69, 9.17) is 10.5 Å². The molecule has 0 saturated heterocycles. The number of nitrogens with two attached hydrogens (primary N) is 1. The third-order valence-corrected chi connectivity index (χ3v) is 4.60. The monoisotopic (exact) mass is 283 g/mol. The lowest BCUT2D eigenvalue weighted by molar-refractivity contribution is 0.394. The third-order valence-electron chi connectivity index (χ3n) is 3.94. The molecule has 1 saturated carbocycles. The van der Waals surface area contributed by atoms with Crippen LogP contribution in [0.5, 0.6) is 5.75 Å². The number of hydrogen-bond acceptors (Lipinski definition) is 2. The van der Waals surface area contributed by atoms with E-state index in [0.29, 0.717) is 6.54 Å². The van der Waals surface area contributed by atoms with E-state index in [9.17, 15) is 0 Å². The van der Waals surface area contributed by atoms with Gasteiger partial charge in [0.2, 0.25) is 0 Å². The van der Waals surface area contributed by atoms with Crippen molar-refractivity contribution >= 4 is 15.9 Å². The lowest BCUT2D eigenvalue weighted by Gasteiger charge is -2.23. The molecule has 2 rings (SSSR count). The van der Waals surface area contributed by atoms with E-state index in [-0.39, 0.29) is 10.8 Å². The van der Waals surface area contributed by atoms with E-state index < -0.39 is 0 Å². The summed E-state index contributed by atoms with van der Waals surface area (Å²) in [5.41, 5.74) is 7.55. The molecule has 2 N–H and O–H groups in total. The lowest BCUT2D eigenvalue weighted by Crippen LogP contribution is -2.26. The molecule has 0 amide bonds. The van der Waals surface area contributed by atoms with E-state index in [2.05, 4.69) is 35.8 Å². The van der Waals surface area contributed by atoms with Crippen LogP contribution < -0.4 is 10.5 Å². The highest BCUT2D eigenvalue weighted by molar-refractivity contribution is 9.10. The molecule has 1 fully saturated rings. The quantitative estimate of drug-likeness (QED) is 0.925. The fourth-order valence-corrected chi connectivity index (χ4v) is 3.45. The average Bonchev–Trinajstić information content (AvgIpc) is 2.81. The van der Waals surface area contributed by atoms with Gasteiger partial charge in [0.25, 0.3) is 0 Å². The van der Waals surface area contributed by atoms with Crippen molar-refractivity contribution < 1.29 is 4.74 Å². The Hall–Kier alpha value is -0.540. The smallest absolute Gasteiger partial charge is 0.123 e. The lowest BCUT2D eigenvalue weighted by atomic mass is 9.87. The van der Waals surface area contributed by atoms with Gasteiger partial charge in [-0.1, -0.05) is 35.8 Å². The summed E-state index contributed by atoms with van der Waals surface area (Å²) in [4.78, 5) is 0. The second-order valence-electron chi connectivity index (χ2n) is 5.16. The molecule has 1 atom stereocenters. The Kier molecular flexibility index (Phi) is 2.79. The van der Waals surface area contributed by atoms with Crippen molar-refractivity contribution in [3.05, 3.63) is 28.2 Å². The highest BCUT2D eigenvalue weighted by atomic mass is 79.9. The van der Waals surface area contributed by atoms with Gasteiger partial charge in [-0.25, -0.2) is 0 Å². The maximum atomic E-state index is 5.99. The van der Waals surface area contributed by atoms with Crippen molar-refractivity contribution in [1.82, 2.24) is 0 Å². The molecular weight excluding hydrogens is 266 g/mol. The Labute approximate surface area is 105 Å². The van der Waals surface area contributed by atoms with Crippen LogP contribution in [-0.2, 0) is 5.41 Å². The Morgan fingerprint density at radius 1 is 1.44 bits per heavy atom. The standard InChI is InChI=1S/C13H18BrNO/c1-12(2)7-13(12,8-15)11-9(14)5-4-6-10(11)16-3/h4-6H,7-8,15H2,1-3H3. The van der Waals surface area contributed by atoms with Crippen molar-refractivity contribution in [2.24, 2.45) is 11.1 Å². The normalized spacial score (nSPS) is 26.6. The largest absolute Gasteiger partial charge is 0.496 e. The van der Waals surface area contributed by atoms with Crippen LogP contribution in [0.1, 0.15) is 25.8 Å². The van der Waals surface area contributed by atoms with Gasteiger partial charge in [-0.15, -0.1) is 0 Å². The first-order valence-electron chi connectivity index (χ1n) is 5.51. The molecule has 3 heteroatoms. The molecule has 0 spiro atoms. The van der Waals surface area contributed by atoms with Gasteiger partial charge in [0.1, 0.15) is 5.75 Å². The number of hydrogen-bond donors (Lipinski definition) is 1. The van der Waals surface area contributed by atoms with E-state index in [0.717, 1.165) is 16.6 Å². The van der Waals surface area contributed by atoms with Gasteiger partial charge in [0, 0.05) is 22.0 Å². The molecule has 0 aromatic heterocycles. The highest BCUT2D eigenvalue weighted by Gasteiger charge is 2.62. The highest BCUT2D eigenvalue weighted by Crippen LogP contribution is 2.66. The molecule has 0 heterocycles. The fraction of sp³-hybridized carbons (Fsp3) is 0.538. The molecule has 0 bridgehead atoms. The van der Waals surface area contributed by atoms with E-state index in [1.54, 1.807) is 7.11 Å². The number of halogens is 1. The number of rotatable bonds is 3. The third kappa shape index (κ3) is 1.49. The van der Waals surface area contributed by atoms with Crippen LogP contribution in [0.4, 0.5) is 0 Å². The van der Waals surface area contributed by atoms with E-state index in [1.807, 2.05) is 12.1 Å². The summed E-state index contributed by atoms with van der Waals surface area (Å²) in [5, 5.41) is 0. The summed E-state index contributed by atoms with van der Waals surface area (Å²) in [6.07, 6.45) is 1.12. The molecule has 1 aliphatic carbocycles. The molecule has 0 radical (unpaired) electrons. The van der Waals surface area contributed by atoms with Crippen LogP contribution in [0.25, 0.3) is 0 Å². The second-order valence-corrected chi connectivity index (χ2v) is 6.02. The zero-order chi connectivity index (χ0) is 12.0. The maximum absolute atomic E-state index is 5.99. The van der Waals surface area contributed by atoms with E-state index >= 15 is 0 Å². The van der Waals surface area contributed by atoms with Gasteiger partial charge in [0.15, 0.2) is 0 Å². The average molecular weight is 284 g/mol. The van der Waals surface area contributed by atoms with Crippen LogP contribution in [-0.4, -0.2) is 13.7 Å². The SMILES string of the molecule is COc1cccc(Br)c1C1(CN)CC1(C)C. The predicted molar refractivity (Wildman–Crippen MR) is 69.8 cm³/mol. The van der Waals surface area contributed by atoms with Crippen molar-refractivity contribution in [2.45, 2.75) is 25.7 Å². The van der Waals surface area contributed by atoms with Gasteiger partial charge in [-0.05, 0) is 24.0 Å². The number of benzene rings is 1. The minimum Gasteiger partial charge on any atom is -0.496 e. The first-order chi connectivity index (χ1) is 7.48. The number of ether oxygens (including phenoxy) is 1. The van der Waals surface area contributed by atoms with E-state index in [1.165, 1.54) is 5.56 Å². The summed E-state index contributed by atoms with van der Waals surface area (Å²) < 4.78 is 6.56. The van der Waals surface area contributed by atoms with Gasteiger partial charge in [0.05, 0.1) is 7.11 Å². The molecule has 2 nitrogen and oxygen atoms in total. The summed E-state index contributed by atoms with van der Waals surface area (Å²) >= 11 is 3.62. The molecular formula is C13H18BrNO. The summed E-state index contributed by atoms with van der Waals surface area (Å²) in [5.74, 6) is 0.936. The van der Waals surface area contributed by atoms with Gasteiger partial charge in [-0.2, -0.15) is 0 Å². The van der Waals surface area contributed by atoms with Crippen LogP contribution in [0.15, 0.2) is 22.7 Å². The summed E-state index contributed by atoms with van der Waals surface area (Å²) in [6.45, 7) is 5.19. The maximum Gasteiger partial charge on any atom is 0.123 e. The first kappa shape index (κ1) is 11.9. The van der Waals surface area contributed by atoms with Crippen LogP contribution in [0.3, 0.4) is 0 Å². The Morgan fingerprint density at radius 3 is 2.50 bits per heavy atom. The Bertz CT molecular complexity index is 416. The van der Waals surface area contributed by atoms with Crippen molar-refractivity contribution in [1.29, 1.82) is 0 Å². The van der Waals surface area contributed by atoms with Crippen molar-refractivity contribution in [2.75, 3.05) is 13.7 Å². The summed E-state index contributed by atoms with van der Waals surface area (Å²) in [6, 6.07) is 6.06. The molecule has 1 aromatic rings. The molecule has 88 valence electrons. The molecule has 0 aliphatic heterocycles. The van der Waals surface area contributed by atoms with Crippen LogP contribution >= 0.6 is 15.9 Å². The minimum absolute atomic E-state index is 0.0679. The second kappa shape index (κ2) is 3.74. The van der Waals surface area contributed by atoms with Crippen LogP contribution in [0.2, 0.25) is 0 Å². The zero-order valence-corrected chi connectivity index (χ0v) is 11.6. The van der Waals surface area contributed by atoms with Crippen molar-refractivity contribution in [3.8, 4) is 5.75 Å². The first-order valence-corrected chi connectivity index (χ1v) is 6.31. The van der Waals surface area contributed by atoms with Crippen LogP contribution in [0, 0.1) is 5.41 Å². The van der Waals surface area contributed by atoms with Crippen molar-refractivity contribution in [3.63, 3.8) is 0 Å². The predicted octanol–water partition coefficient (Wildman–Crippen LogP) is 3.08. The van der Waals surface area contributed by atoms with Gasteiger partial charge in [-0.3, -0.25) is 0 Å². The topological polar surface area (TPSA) is 35.2 Å². The molecule has 1 unspecified atom stereocenters. The molecule has 16 heavy (non-hydrogen) atoms. The van der Waals surface area contributed by atoms with Gasteiger partial charge >= 0.3 is 0 Å². The molecule has 1 aromatic carbocycles. The number of methoxy groups -OCH3 is 1. The zero-order valence-electron chi connectivity index (χ0n) is 10.0. The Balaban J connectivity index is 2.56. The summed E-state index contributed by atoms with van der Waals surface area (Å²) in [7, 11) is 1.71. The minimum atomic E-state index is 0.0679.